The largest absolute Gasteiger partial charge is 0.389 e. The van der Waals surface area contributed by atoms with Crippen molar-refractivity contribution < 1.29 is 9.84 Å². The number of ether oxygens (including phenoxy) is 1. The minimum Gasteiger partial charge on any atom is -0.389 e. The van der Waals surface area contributed by atoms with E-state index < -0.39 is 6.10 Å². The first-order chi connectivity index (χ1) is 12.3. The molecule has 0 radical (unpaired) electrons. The van der Waals surface area contributed by atoms with Crippen molar-refractivity contribution in [3.8, 4) is 17.5 Å². The summed E-state index contributed by atoms with van der Waals surface area (Å²) in [5.41, 5.74) is 2.47. The van der Waals surface area contributed by atoms with Gasteiger partial charge in [-0.1, -0.05) is 6.07 Å². The summed E-state index contributed by atoms with van der Waals surface area (Å²) < 4.78 is 6.89. The number of nitrogens with zero attached hydrogens (tertiary/aromatic N) is 5. The zero-order valence-electron chi connectivity index (χ0n) is 13.3. The van der Waals surface area contributed by atoms with Gasteiger partial charge in [0.05, 0.1) is 41.7 Å². The van der Waals surface area contributed by atoms with Crippen LogP contribution >= 0.6 is 0 Å². The van der Waals surface area contributed by atoms with Gasteiger partial charge in [-0.2, -0.15) is 5.26 Å². The molecule has 1 saturated heterocycles. The van der Waals surface area contributed by atoms with Gasteiger partial charge in [0, 0.05) is 12.8 Å². The Kier molecular flexibility index (Phi) is 4.01. The smallest absolute Gasteiger partial charge is 0.241 e. The van der Waals surface area contributed by atoms with E-state index in [1.54, 1.807) is 23.0 Å². The zero-order valence-corrected chi connectivity index (χ0v) is 13.3. The molecule has 1 aliphatic rings. The Bertz CT molecular complexity index is 933. The van der Waals surface area contributed by atoms with Crippen molar-refractivity contribution in [3.05, 3.63) is 42.2 Å². The SMILES string of the molecule is N#Cc1cc2cnc(N[C@@H]3CCOC[C@H]3O)nn2c1-c1ccccn1. The van der Waals surface area contributed by atoms with E-state index in [-0.39, 0.29) is 6.04 Å². The van der Waals surface area contributed by atoms with Crippen molar-refractivity contribution in [3.63, 3.8) is 0 Å². The molecular formula is C17H16N6O2. The van der Waals surface area contributed by atoms with Crippen LogP contribution in [0, 0.1) is 11.3 Å². The lowest BCUT2D eigenvalue weighted by Gasteiger charge is -2.28. The van der Waals surface area contributed by atoms with Crippen LogP contribution in [0.3, 0.4) is 0 Å². The van der Waals surface area contributed by atoms with Gasteiger partial charge in [0.1, 0.15) is 11.8 Å². The van der Waals surface area contributed by atoms with Gasteiger partial charge in [0.25, 0.3) is 0 Å². The molecule has 8 heteroatoms. The molecule has 3 aromatic rings. The van der Waals surface area contributed by atoms with E-state index in [4.69, 9.17) is 4.74 Å². The molecule has 1 fully saturated rings. The van der Waals surface area contributed by atoms with Crippen LogP contribution in [0.2, 0.25) is 0 Å². The second kappa shape index (κ2) is 6.47. The summed E-state index contributed by atoms with van der Waals surface area (Å²) in [5.74, 6) is 0.385. The molecule has 1 aliphatic heterocycles. The number of nitrogens with one attached hydrogen (secondary N) is 1. The summed E-state index contributed by atoms with van der Waals surface area (Å²) >= 11 is 0. The molecule has 4 rings (SSSR count). The Hall–Kier alpha value is -3.02. The maximum atomic E-state index is 10.0. The molecule has 0 saturated carbocycles. The first-order valence-corrected chi connectivity index (χ1v) is 7.99. The van der Waals surface area contributed by atoms with Gasteiger partial charge >= 0.3 is 0 Å². The van der Waals surface area contributed by atoms with Crippen LogP contribution in [0.1, 0.15) is 12.0 Å². The summed E-state index contributed by atoms with van der Waals surface area (Å²) in [5, 5.41) is 27.1. The summed E-state index contributed by atoms with van der Waals surface area (Å²) in [6, 6.07) is 9.26. The number of hydrogen-bond acceptors (Lipinski definition) is 7. The fourth-order valence-corrected chi connectivity index (χ4v) is 2.93. The van der Waals surface area contributed by atoms with Gasteiger partial charge in [0.2, 0.25) is 5.95 Å². The van der Waals surface area contributed by atoms with Gasteiger partial charge in [-0.15, -0.1) is 5.10 Å². The average Bonchev–Trinajstić information content (AvgIpc) is 3.02. The standard InChI is InChI=1S/C17H16N6O2/c18-8-11-7-12-9-20-17(21-13-4-6-25-10-15(13)24)22-23(12)16(11)14-3-1-2-5-19-14/h1-3,5,7,9,13,15,24H,4,6,10H2,(H,21,22)/t13-,15-/m1/s1. The van der Waals surface area contributed by atoms with Crippen LogP contribution < -0.4 is 5.32 Å². The lowest BCUT2D eigenvalue weighted by atomic mass is 10.1. The average molecular weight is 336 g/mol. The molecule has 0 spiro atoms. The van der Waals surface area contributed by atoms with E-state index in [2.05, 4.69) is 26.5 Å². The quantitative estimate of drug-likeness (QED) is 0.740. The highest BCUT2D eigenvalue weighted by Gasteiger charge is 2.24. The van der Waals surface area contributed by atoms with E-state index in [9.17, 15) is 10.4 Å². The highest BCUT2D eigenvalue weighted by Crippen LogP contribution is 2.25. The van der Waals surface area contributed by atoms with Gasteiger partial charge in [-0.3, -0.25) is 4.98 Å². The topological polar surface area (TPSA) is 108 Å². The lowest BCUT2D eigenvalue weighted by molar-refractivity contribution is -0.0136. The molecule has 2 atom stereocenters. The van der Waals surface area contributed by atoms with Crippen LogP contribution in [0.4, 0.5) is 5.95 Å². The van der Waals surface area contributed by atoms with Crippen molar-refractivity contribution >= 4 is 11.5 Å². The maximum Gasteiger partial charge on any atom is 0.241 e. The molecule has 0 aliphatic carbocycles. The normalized spacial score (nSPS) is 20.3. The molecule has 3 aromatic heterocycles. The molecular weight excluding hydrogens is 320 g/mol. The minimum absolute atomic E-state index is 0.171. The van der Waals surface area contributed by atoms with E-state index in [1.165, 1.54) is 0 Å². The first kappa shape index (κ1) is 15.5. The Labute approximate surface area is 143 Å². The third-order valence-electron chi connectivity index (χ3n) is 4.19. The predicted molar refractivity (Wildman–Crippen MR) is 89.8 cm³/mol. The van der Waals surface area contributed by atoms with E-state index >= 15 is 0 Å². The monoisotopic (exact) mass is 336 g/mol. The van der Waals surface area contributed by atoms with Crippen LogP contribution in [0.15, 0.2) is 36.7 Å². The number of hydrogen-bond donors (Lipinski definition) is 2. The Morgan fingerprint density at radius 1 is 1.36 bits per heavy atom. The van der Waals surface area contributed by atoms with Crippen LogP contribution in [0.5, 0.6) is 0 Å². The molecule has 0 aromatic carbocycles. The molecule has 0 unspecified atom stereocenters. The van der Waals surface area contributed by atoms with Crippen molar-refractivity contribution in [2.24, 2.45) is 0 Å². The number of aliphatic hydroxyl groups excluding tert-OH is 1. The number of fused-ring (bicyclic) bond motifs is 1. The number of rotatable bonds is 3. The summed E-state index contributed by atoms with van der Waals surface area (Å²) in [7, 11) is 0. The van der Waals surface area contributed by atoms with Gasteiger partial charge < -0.3 is 15.2 Å². The number of pyridine rings is 1. The molecule has 25 heavy (non-hydrogen) atoms. The molecule has 8 nitrogen and oxygen atoms in total. The minimum atomic E-state index is -0.609. The number of nitriles is 1. The van der Waals surface area contributed by atoms with Crippen LogP contribution in [-0.2, 0) is 4.74 Å². The predicted octanol–water partition coefficient (Wildman–Crippen LogP) is 1.22. The molecule has 126 valence electrons. The van der Waals surface area contributed by atoms with E-state index in [0.717, 1.165) is 0 Å². The van der Waals surface area contributed by atoms with Crippen molar-refractivity contribution in [2.45, 2.75) is 18.6 Å². The summed E-state index contributed by atoms with van der Waals surface area (Å²) in [6.45, 7) is 0.874. The zero-order chi connectivity index (χ0) is 17.2. The third kappa shape index (κ3) is 2.91. The maximum absolute atomic E-state index is 10.0. The van der Waals surface area contributed by atoms with E-state index in [0.29, 0.717) is 48.1 Å². The Morgan fingerprint density at radius 3 is 3.04 bits per heavy atom. The van der Waals surface area contributed by atoms with Crippen LogP contribution in [0.25, 0.3) is 16.9 Å². The van der Waals surface area contributed by atoms with Crippen molar-refractivity contribution in [2.75, 3.05) is 18.5 Å². The third-order valence-corrected chi connectivity index (χ3v) is 4.19. The fourth-order valence-electron chi connectivity index (χ4n) is 2.93. The summed E-state index contributed by atoms with van der Waals surface area (Å²) in [4.78, 5) is 8.62. The lowest BCUT2D eigenvalue weighted by Crippen LogP contribution is -2.42. The highest BCUT2D eigenvalue weighted by atomic mass is 16.5. The molecule has 4 heterocycles. The number of anilines is 1. The molecule has 2 N–H and O–H groups in total. The second-order valence-electron chi connectivity index (χ2n) is 5.83. The van der Waals surface area contributed by atoms with Crippen molar-refractivity contribution in [1.29, 1.82) is 5.26 Å². The van der Waals surface area contributed by atoms with Gasteiger partial charge in [0.15, 0.2) is 0 Å². The highest BCUT2D eigenvalue weighted by molar-refractivity contribution is 5.71. The Balaban J connectivity index is 1.76. The summed E-state index contributed by atoms with van der Waals surface area (Å²) in [6.07, 6.45) is 3.39. The van der Waals surface area contributed by atoms with Crippen molar-refractivity contribution in [1.82, 2.24) is 19.6 Å². The number of aromatic nitrogens is 4. The second-order valence-corrected chi connectivity index (χ2v) is 5.83. The van der Waals surface area contributed by atoms with Gasteiger partial charge in [-0.05, 0) is 24.6 Å². The molecule has 0 bridgehead atoms. The Morgan fingerprint density at radius 2 is 2.28 bits per heavy atom. The molecule has 0 amide bonds. The van der Waals surface area contributed by atoms with Gasteiger partial charge in [-0.25, -0.2) is 9.50 Å². The fraction of sp³-hybridized carbons (Fsp3) is 0.294. The number of aliphatic hydroxyl groups is 1. The van der Waals surface area contributed by atoms with Crippen LogP contribution in [-0.4, -0.2) is 50.0 Å². The first-order valence-electron chi connectivity index (χ1n) is 7.99. The van der Waals surface area contributed by atoms with E-state index in [1.807, 2.05) is 18.2 Å².